The summed E-state index contributed by atoms with van der Waals surface area (Å²) in [6.07, 6.45) is 8.93. The lowest BCUT2D eigenvalue weighted by atomic mass is 10.00. The van der Waals surface area contributed by atoms with Crippen LogP contribution in [0.4, 0.5) is 11.5 Å². The van der Waals surface area contributed by atoms with Gasteiger partial charge >= 0.3 is 0 Å². The minimum absolute atomic E-state index is 0.0197. The number of imide groups is 1. The molecule has 322 valence electrons. The molecule has 1 atom stereocenters. The Morgan fingerprint density at radius 1 is 0.984 bits per heavy atom. The number of piperidine rings is 1. The number of carbonyl (C=O) groups is 5. The summed E-state index contributed by atoms with van der Waals surface area (Å²) in [5.74, 6) is -0.637. The van der Waals surface area contributed by atoms with Crippen LogP contribution in [-0.4, -0.2) is 99.7 Å². The number of oxazole rings is 1. The first-order chi connectivity index (χ1) is 30.2. The molecule has 6 N–H and O–H groups in total. The van der Waals surface area contributed by atoms with Crippen molar-refractivity contribution in [3.8, 4) is 17.1 Å². The van der Waals surface area contributed by atoms with Crippen LogP contribution in [0.1, 0.15) is 80.1 Å². The molecule has 1 unspecified atom stereocenters. The van der Waals surface area contributed by atoms with E-state index in [1.54, 1.807) is 23.2 Å². The number of ether oxygens (including phenoxy) is 2. The Balaban J connectivity index is 0.723. The lowest BCUT2D eigenvalue weighted by Crippen LogP contribution is -2.52. The van der Waals surface area contributed by atoms with Gasteiger partial charge in [0.25, 0.3) is 17.7 Å². The molecule has 5 amide bonds. The van der Waals surface area contributed by atoms with E-state index in [1.165, 1.54) is 30.0 Å². The second-order valence-electron chi connectivity index (χ2n) is 15.5. The number of benzene rings is 2. The Bertz CT molecular complexity index is 2440. The number of anilines is 2. The van der Waals surface area contributed by atoms with Crippen LogP contribution in [0.25, 0.3) is 17.1 Å². The average Bonchev–Trinajstić information content (AvgIpc) is 3.62. The molecular formula is C44H48N10O8. The molecule has 18 nitrogen and oxygen atoms in total. The van der Waals surface area contributed by atoms with Gasteiger partial charge in [0.2, 0.25) is 17.7 Å². The maximum atomic E-state index is 13.2. The molecule has 0 radical (unpaired) electrons. The predicted octanol–water partition coefficient (Wildman–Crippen LogP) is 3.61. The van der Waals surface area contributed by atoms with Gasteiger partial charge in [-0.3, -0.25) is 29.3 Å². The topological polar surface area (TPSA) is 238 Å². The van der Waals surface area contributed by atoms with E-state index in [9.17, 15) is 24.0 Å². The van der Waals surface area contributed by atoms with Crippen molar-refractivity contribution in [3.63, 3.8) is 0 Å². The van der Waals surface area contributed by atoms with Crippen LogP contribution in [0.15, 0.2) is 77.7 Å². The Morgan fingerprint density at radius 3 is 2.60 bits per heavy atom. The largest absolute Gasteiger partial charge is 0.444 e. The fourth-order valence-electron chi connectivity index (χ4n) is 7.42. The predicted molar refractivity (Wildman–Crippen MR) is 225 cm³/mol. The van der Waals surface area contributed by atoms with Crippen LogP contribution >= 0.6 is 0 Å². The van der Waals surface area contributed by atoms with Gasteiger partial charge in [0.1, 0.15) is 18.1 Å². The highest BCUT2D eigenvalue weighted by atomic mass is 16.5. The van der Waals surface area contributed by atoms with Gasteiger partial charge in [-0.05, 0) is 85.0 Å². The Hall–Kier alpha value is -6.76. The van der Waals surface area contributed by atoms with Crippen molar-refractivity contribution in [2.24, 2.45) is 11.7 Å². The molecular weight excluding hydrogens is 797 g/mol. The van der Waals surface area contributed by atoms with Gasteiger partial charge in [0, 0.05) is 56.5 Å². The molecule has 2 aromatic carbocycles. The summed E-state index contributed by atoms with van der Waals surface area (Å²) in [7, 11) is 0. The van der Waals surface area contributed by atoms with E-state index in [2.05, 4.69) is 36.3 Å². The van der Waals surface area contributed by atoms with Crippen molar-refractivity contribution in [1.29, 1.82) is 0 Å². The van der Waals surface area contributed by atoms with Crippen molar-refractivity contribution < 1.29 is 37.9 Å². The number of aromatic nitrogens is 4. The SMILES string of the molecule is NC(=O)c1nn(-c2ccc(CNCCOCCOCCCc3cccc4c3CN(C3CCC(=O)NC3=O)C4=O)cc2)cc1NC(=O)c1coc(-c2ccnc(NCC3CC3)c2)n1. The molecule has 0 bridgehead atoms. The van der Waals surface area contributed by atoms with Crippen molar-refractivity contribution in [3.05, 3.63) is 107 Å². The summed E-state index contributed by atoms with van der Waals surface area (Å²) in [4.78, 5) is 72.7. The van der Waals surface area contributed by atoms with E-state index in [0.29, 0.717) is 81.0 Å². The third-order valence-corrected chi connectivity index (χ3v) is 10.9. The van der Waals surface area contributed by atoms with Crippen molar-refractivity contribution in [1.82, 2.24) is 35.3 Å². The van der Waals surface area contributed by atoms with E-state index in [1.807, 2.05) is 42.5 Å². The van der Waals surface area contributed by atoms with E-state index in [-0.39, 0.29) is 41.2 Å². The molecule has 3 aliphatic rings. The van der Waals surface area contributed by atoms with Gasteiger partial charge in [-0.2, -0.15) is 5.10 Å². The number of amides is 5. The lowest BCUT2D eigenvalue weighted by Gasteiger charge is -2.29. The van der Waals surface area contributed by atoms with Crippen molar-refractivity contribution >= 4 is 41.0 Å². The zero-order chi connectivity index (χ0) is 43.0. The third-order valence-electron chi connectivity index (χ3n) is 10.9. The molecule has 2 fully saturated rings. The molecule has 62 heavy (non-hydrogen) atoms. The number of nitrogens with two attached hydrogens (primary N) is 1. The fraction of sp³-hybridized carbons (Fsp3) is 0.364. The summed E-state index contributed by atoms with van der Waals surface area (Å²) in [6.45, 7) is 4.41. The third kappa shape index (κ3) is 10.2. The van der Waals surface area contributed by atoms with Gasteiger partial charge in [-0.25, -0.2) is 14.6 Å². The van der Waals surface area contributed by atoms with Crippen LogP contribution in [0.5, 0.6) is 0 Å². The number of fused-ring (bicyclic) bond motifs is 1. The standard InChI is InChI=1S/C44H48N10O8/c45-40(56)39-34(49-41(57)35-26-62-43(50-35)30-14-15-47-37(21-30)48-23-28-6-7-28)25-54(52-39)31-10-8-27(9-11-31)22-46-16-18-61-20-19-60-17-2-4-29-3-1-5-32-33(29)24-53(44(32)59)36-12-13-38(55)51-42(36)58/h1,3,5,8-11,14-15,21,25-26,28,36,46H,2,4,6-7,12-13,16-20,22-24H2,(H2,45,56)(H,47,48)(H,49,57)(H,51,55,58). The number of carbonyl (C=O) groups excluding carboxylic acids is 5. The summed E-state index contributed by atoms with van der Waals surface area (Å²) >= 11 is 0. The van der Waals surface area contributed by atoms with Gasteiger partial charge < -0.3 is 40.5 Å². The summed E-state index contributed by atoms with van der Waals surface area (Å²) < 4.78 is 18.6. The van der Waals surface area contributed by atoms with Crippen LogP contribution < -0.4 is 27.0 Å². The minimum atomic E-state index is -0.800. The molecule has 1 aliphatic carbocycles. The fourth-order valence-corrected chi connectivity index (χ4v) is 7.42. The van der Waals surface area contributed by atoms with Gasteiger partial charge in [-0.15, -0.1) is 0 Å². The van der Waals surface area contributed by atoms with Crippen LogP contribution in [0, 0.1) is 5.92 Å². The number of aryl methyl sites for hydroxylation is 1. The van der Waals surface area contributed by atoms with E-state index in [4.69, 9.17) is 19.6 Å². The van der Waals surface area contributed by atoms with Gasteiger partial charge in [0.05, 0.1) is 37.4 Å². The summed E-state index contributed by atoms with van der Waals surface area (Å²) in [6, 6.07) is 16.2. The van der Waals surface area contributed by atoms with Crippen LogP contribution in [0.3, 0.4) is 0 Å². The highest BCUT2D eigenvalue weighted by Crippen LogP contribution is 2.31. The number of hydrogen-bond donors (Lipinski definition) is 5. The zero-order valence-electron chi connectivity index (χ0n) is 34.1. The number of nitrogens with zero attached hydrogens (tertiary/aromatic N) is 5. The number of nitrogens with one attached hydrogen (secondary N) is 4. The molecule has 5 aromatic rings. The normalized spacial score (nSPS) is 16.0. The maximum Gasteiger partial charge on any atom is 0.277 e. The van der Waals surface area contributed by atoms with Crippen LogP contribution in [-0.2, 0) is 38.6 Å². The summed E-state index contributed by atoms with van der Waals surface area (Å²) in [5.41, 5.74) is 10.6. The number of rotatable bonds is 21. The molecule has 1 saturated heterocycles. The average molecular weight is 845 g/mol. The second kappa shape index (κ2) is 19.3. The van der Waals surface area contributed by atoms with Crippen molar-refractivity contribution in [2.75, 3.05) is 50.2 Å². The lowest BCUT2D eigenvalue weighted by molar-refractivity contribution is -0.136. The Labute approximate surface area is 356 Å². The van der Waals surface area contributed by atoms with E-state index < -0.39 is 23.8 Å². The molecule has 1 saturated carbocycles. The first kappa shape index (κ1) is 42.0. The van der Waals surface area contributed by atoms with Crippen molar-refractivity contribution in [2.45, 2.75) is 57.7 Å². The maximum absolute atomic E-state index is 13.2. The van der Waals surface area contributed by atoms with E-state index in [0.717, 1.165) is 36.1 Å². The highest BCUT2D eigenvalue weighted by Gasteiger charge is 2.39. The first-order valence-electron chi connectivity index (χ1n) is 20.8. The quantitative estimate of drug-likeness (QED) is 0.0525. The molecule has 0 spiro atoms. The van der Waals surface area contributed by atoms with Gasteiger partial charge in [-0.1, -0.05) is 24.3 Å². The number of primary amides is 1. The molecule has 8 rings (SSSR count). The smallest absolute Gasteiger partial charge is 0.277 e. The van der Waals surface area contributed by atoms with E-state index >= 15 is 0 Å². The number of hydrogen-bond acceptors (Lipinski definition) is 13. The monoisotopic (exact) mass is 844 g/mol. The van der Waals surface area contributed by atoms with Gasteiger partial charge in [0.15, 0.2) is 11.4 Å². The van der Waals surface area contributed by atoms with Crippen LogP contribution in [0.2, 0.25) is 0 Å². The summed E-state index contributed by atoms with van der Waals surface area (Å²) in [5, 5.41) is 16.0. The molecule has 5 heterocycles. The molecule has 2 aliphatic heterocycles. The minimum Gasteiger partial charge on any atom is -0.444 e. The second-order valence-corrected chi connectivity index (χ2v) is 15.5. The first-order valence-corrected chi connectivity index (χ1v) is 20.8. The Kier molecular flexibility index (Phi) is 13.1. The molecule has 18 heteroatoms. The molecule has 3 aromatic heterocycles. The zero-order valence-corrected chi connectivity index (χ0v) is 34.1. The highest BCUT2D eigenvalue weighted by molar-refractivity contribution is 6.07. The number of pyridine rings is 1. The Morgan fingerprint density at radius 2 is 1.81 bits per heavy atom.